The van der Waals surface area contributed by atoms with Crippen molar-refractivity contribution in [2.45, 2.75) is 31.8 Å². The molecule has 1 aliphatic heterocycles. The van der Waals surface area contributed by atoms with Crippen molar-refractivity contribution in [1.29, 1.82) is 5.26 Å². The van der Waals surface area contributed by atoms with E-state index in [2.05, 4.69) is 23.1 Å². The SMILES string of the molecule is N#CC1CCCCN1Cc1[c]cccc1. The molecule has 2 nitrogen and oxygen atoms in total. The van der Waals surface area contributed by atoms with Crippen LogP contribution in [0.25, 0.3) is 0 Å². The molecule has 1 aromatic rings. The van der Waals surface area contributed by atoms with Crippen LogP contribution in [-0.2, 0) is 6.54 Å². The molecule has 1 aliphatic rings. The number of nitriles is 1. The maximum atomic E-state index is 9.04. The van der Waals surface area contributed by atoms with Gasteiger partial charge in [0, 0.05) is 6.54 Å². The highest BCUT2D eigenvalue weighted by Gasteiger charge is 2.21. The van der Waals surface area contributed by atoms with E-state index in [4.69, 9.17) is 5.26 Å². The molecule has 1 heterocycles. The molecule has 1 radical (unpaired) electrons. The molecule has 2 heteroatoms. The average Bonchev–Trinajstić information content (AvgIpc) is 2.31. The van der Waals surface area contributed by atoms with E-state index in [-0.39, 0.29) is 6.04 Å². The topological polar surface area (TPSA) is 27.0 Å². The van der Waals surface area contributed by atoms with Gasteiger partial charge in [-0.3, -0.25) is 4.90 Å². The summed E-state index contributed by atoms with van der Waals surface area (Å²) in [6.07, 6.45) is 3.42. The molecule has 2 rings (SSSR count). The zero-order valence-corrected chi connectivity index (χ0v) is 8.82. The molecule has 1 unspecified atom stereocenters. The molecule has 0 amide bonds. The summed E-state index contributed by atoms with van der Waals surface area (Å²) in [4.78, 5) is 2.26. The Bertz CT molecular complexity index is 339. The number of likely N-dealkylation sites (tertiary alicyclic amines) is 1. The normalized spacial score (nSPS) is 22.2. The summed E-state index contributed by atoms with van der Waals surface area (Å²) in [5.74, 6) is 0. The second-order valence-corrected chi connectivity index (χ2v) is 4.00. The van der Waals surface area contributed by atoms with E-state index in [9.17, 15) is 0 Å². The van der Waals surface area contributed by atoms with Crippen molar-refractivity contribution >= 4 is 0 Å². The molecule has 0 aliphatic carbocycles. The zero-order chi connectivity index (χ0) is 10.5. The van der Waals surface area contributed by atoms with Crippen molar-refractivity contribution in [2.75, 3.05) is 6.54 Å². The van der Waals surface area contributed by atoms with Gasteiger partial charge >= 0.3 is 0 Å². The second kappa shape index (κ2) is 4.95. The fourth-order valence-electron chi connectivity index (χ4n) is 2.07. The highest BCUT2D eigenvalue weighted by Crippen LogP contribution is 2.18. The predicted octanol–water partition coefficient (Wildman–Crippen LogP) is 2.36. The summed E-state index contributed by atoms with van der Waals surface area (Å²) < 4.78 is 0. The predicted molar refractivity (Wildman–Crippen MR) is 58.9 cm³/mol. The van der Waals surface area contributed by atoms with Gasteiger partial charge in [0.25, 0.3) is 0 Å². The first-order valence-corrected chi connectivity index (χ1v) is 5.49. The van der Waals surface area contributed by atoms with Crippen LogP contribution in [0.2, 0.25) is 0 Å². The zero-order valence-electron chi connectivity index (χ0n) is 8.82. The second-order valence-electron chi connectivity index (χ2n) is 4.00. The van der Waals surface area contributed by atoms with Gasteiger partial charge in [-0.15, -0.1) is 0 Å². The van der Waals surface area contributed by atoms with Crippen LogP contribution in [0.5, 0.6) is 0 Å². The smallest absolute Gasteiger partial charge is 0.0980 e. The third-order valence-electron chi connectivity index (χ3n) is 2.91. The van der Waals surface area contributed by atoms with Crippen LogP contribution in [0.15, 0.2) is 24.3 Å². The number of piperidine rings is 1. The Balaban J connectivity index is 2.01. The molecule has 1 atom stereocenters. The molecule has 0 aromatic heterocycles. The Kier molecular flexibility index (Phi) is 3.37. The lowest BCUT2D eigenvalue weighted by atomic mass is 10.0. The molecule has 1 aromatic carbocycles. The molecular weight excluding hydrogens is 184 g/mol. The van der Waals surface area contributed by atoms with Crippen LogP contribution in [0, 0.1) is 17.4 Å². The summed E-state index contributed by atoms with van der Waals surface area (Å²) >= 11 is 0. The van der Waals surface area contributed by atoms with Crippen molar-refractivity contribution in [3.05, 3.63) is 35.9 Å². The van der Waals surface area contributed by atoms with E-state index in [0.717, 1.165) is 19.5 Å². The van der Waals surface area contributed by atoms with Gasteiger partial charge in [-0.25, -0.2) is 0 Å². The van der Waals surface area contributed by atoms with Crippen molar-refractivity contribution in [3.8, 4) is 6.07 Å². The number of hydrogen-bond acceptors (Lipinski definition) is 2. The van der Waals surface area contributed by atoms with Crippen LogP contribution in [0.3, 0.4) is 0 Å². The monoisotopic (exact) mass is 199 g/mol. The van der Waals surface area contributed by atoms with Gasteiger partial charge in [0.15, 0.2) is 0 Å². The largest absolute Gasteiger partial charge is 0.284 e. The van der Waals surface area contributed by atoms with Crippen molar-refractivity contribution < 1.29 is 0 Å². The average molecular weight is 199 g/mol. The standard InChI is InChI=1S/C13H15N2/c14-10-13-8-4-5-9-15(13)11-12-6-2-1-3-7-12/h1-3,6,13H,4-5,8-9,11H2. The quantitative estimate of drug-likeness (QED) is 0.731. The molecule has 1 fully saturated rings. The van der Waals surface area contributed by atoms with Gasteiger partial charge in [-0.05, 0) is 37.4 Å². The van der Waals surface area contributed by atoms with E-state index in [0.29, 0.717) is 0 Å². The Hall–Kier alpha value is -1.33. The molecule has 0 N–H and O–H groups in total. The van der Waals surface area contributed by atoms with Crippen LogP contribution >= 0.6 is 0 Å². The lowest BCUT2D eigenvalue weighted by Crippen LogP contribution is -2.37. The number of benzene rings is 1. The Morgan fingerprint density at radius 2 is 2.40 bits per heavy atom. The molecular formula is C13H15N2. The highest BCUT2D eigenvalue weighted by atomic mass is 15.2. The summed E-state index contributed by atoms with van der Waals surface area (Å²) in [5.41, 5.74) is 1.18. The number of nitrogens with zero attached hydrogens (tertiary/aromatic N) is 2. The molecule has 15 heavy (non-hydrogen) atoms. The van der Waals surface area contributed by atoms with Gasteiger partial charge in [0.1, 0.15) is 0 Å². The summed E-state index contributed by atoms with van der Waals surface area (Å²) in [7, 11) is 0. The minimum atomic E-state index is 0.104. The van der Waals surface area contributed by atoms with E-state index in [1.54, 1.807) is 0 Å². The third-order valence-corrected chi connectivity index (χ3v) is 2.91. The lowest BCUT2D eigenvalue weighted by Gasteiger charge is -2.31. The molecule has 0 saturated carbocycles. The number of hydrogen-bond donors (Lipinski definition) is 0. The first-order valence-electron chi connectivity index (χ1n) is 5.49. The van der Waals surface area contributed by atoms with Gasteiger partial charge in [0.2, 0.25) is 0 Å². The van der Waals surface area contributed by atoms with E-state index < -0.39 is 0 Å². The summed E-state index contributed by atoms with van der Waals surface area (Å²) in [6, 6.07) is 13.7. The van der Waals surface area contributed by atoms with Crippen LogP contribution in [-0.4, -0.2) is 17.5 Å². The molecule has 0 spiro atoms. The van der Waals surface area contributed by atoms with E-state index in [1.807, 2.05) is 18.2 Å². The van der Waals surface area contributed by atoms with Crippen molar-refractivity contribution in [2.24, 2.45) is 0 Å². The fraction of sp³-hybridized carbons (Fsp3) is 0.462. The van der Waals surface area contributed by atoms with Crippen molar-refractivity contribution in [1.82, 2.24) is 4.90 Å². The van der Waals surface area contributed by atoms with Gasteiger partial charge < -0.3 is 0 Å². The minimum absolute atomic E-state index is 0.104. The third kappa shape index (κ3) is 2.57. The number of rotatable bonds is 2. The van der Waals surface area contributed by atoms with Gasteiger partial charge in [-0.1, -0.05) is 24.3 Å². The van der Waals surface area contributed by atoms with Gasteiger partial charge in [0.05, 0.1) is 12.1 Å². The molecule has 1 saturated heterocycles. The Labute approximate surface area is 91.1 Å². The fourth-order valence-corrected chi connectivity index (χ4v) is 2.07. The maximum Gasteiger partial charge on any atom is 0.0980 e. The Morgan fingerprint density at radius 3 is 3.13 bits per heavy atom. The first-order chi connectivity index (χ1) is 7.40. The maximum absolute atomic E-state index is 9.04. The summed E-state index contributed by atoms with van der Waals surface area (Å²) in [5, 5.41) is 9.04. The molecule has 77 valence electrons. The lowest BCUT2D eigenvalue weighted by molar-refractivity contribution is 0.176. The van der Waals surface area contributed by atoms with Crippen LogP contribution in [0.1, 0.15) is 24.8 Å². The van der Waals surface area contributed by atoms with Crippen molar-refractivity contribution in [3.63, 3.8) is 0 Å². The van der Waals surface area contributed by atoms with E-state index in [1.165, 1.54) is 18.4 Å². The minimum Gasteiger partial charge on any atom is -0.284 e. The van der Waals surface area contributed by atoms with E-state index >= 15 is 0 Å². The molecule has 0 bridgehead atoms. The Morgan fingerprint density at radius 1 is 1.47 bits per heavy atom. The first kappa shape index (κ1) is 10.2. The van der Waals surface area contributed by atoms with Gasteiger partial charge in [-0.2, -0.15) is 5.26 Å². The van der Waals surface area contributed by atoms with Crippen LogP contribution in [0.4, 0.5) is 0 Å². The highest BCUT2D eigenvalue weighted by molar-refractivity contribution is 5.13. The summed E-state index contributed by atoms with van der Waals surface area (Å²) in [6.45, 7) is 1.90. The van der Waals surface area contributed by atoms with Crippen LogP contribution < -0.4 is 0 Å².